The van der Waals surface area contributed by atoms with Crippen molar-refractivity contribution in [2.45, 2.75) is 18.2 Å². The van der Waals surface area contributed by atoms with Crippen LogP contribution in [-0.2, 0) is 14.8 Å². The number of sulfonamides is 1. The molecule has 0 radical (unpaired) electrons. The number of rotatable bonds is 6. The van der Waals surface area contributed by atoms with Crippen LogP contribution >= 0.6 is 0 Å². The first-order valence-electron chi connectivity index (χ1n) is 6.99. The highest BCUT2D eigenvalue weighted by Gasteiger charge is 2.25. The van der Waals surface area contributed by atoms with Crippen molar-refractivity contribution in [3.05, 3.63) is 41.7 Å². The highest BCUT2D eigenvalue weighted by atomic mass is 32.2. The van der Waals surface area contributed by atoms with Gasteiger partial charge in [-0.1, -0.05) is 23.4 Å². The van der Waals surface area contributed by atoms with Gasteiger partial charge in [-0.3, -0.25) is 9.59 Å². The van der Waals surface area contributed by atoms with Crippen molar-refractivity contribution < 1.29 is 22.5 Å². The summed E-state index contributed by atoms with van der Waals surface area (Å²) in [5.41, 5.74) is -0.0299. The van der Waals surface area contributed by atoms with Gasteiger partial charge in [0.25, 0.3) is 0 Å². The van der Waals surface area contributed by atoms with E-state index in [-0.39, 0.29) is 16.3 Å². The van der Waals surface area contributed by atoms with Crippen LogP contribution in [0.15, 0.2) is 39.8 Å². The summed E-state index contributed by atoms with van der Waals surface area (Å²) in [5, 5.41) is 6.01. The second kappa shape index (κ2) is 6.93. The molecule has 0 aliphatic carbocycles. The summed E-state index contributed by atoms with van der Waals surface area (Å²) < 4.78 is 30.4. The molecule has 0 atom stereocenters. The van der Waals surface area contributed by atoms with Gasteiger partial charge >= 0.3 is 0 Å². The van der Waals surface area contributed by atoms with Crippen LogP contribution in [0, 0.1) is 6.92 Å². The zero-order chi connectivity index (χ0) is 17.9. The zero-order valence-electron chi connectivity index (χ0n) is 13.4. The zero-order valence-corrected chi connectivity index (χ0v) is 14.3. The van der Waals surface area contributed by atoms with Crippen LogP contribution in [-0.4, -0.2) is 43.7 Å². The number of hydrogen-bond acceptors (Lipinski definition) is 6. The van der Waals surface area contributed by atoms with Crippen molar-refractivity contribution in [2.24, 2.45) is 0 Å². The van der Waals surface area contributed by atoms with E-state index in [0.29, 0.717) is 5.76 Å². The van der Waals surface area contributed by atoms with Crippen molar-refractivity contribution >= 4 is 27.5 Å². The molecule has 0 unspecified atom stereocenters. The summed E-state index contributed by atoms with van der Waals surface area (Å²) in [6, 6.07) is 7.28. The van der Waals surface area contributed by atoms with Gasteiger partial charge in [-0.15, -0.1) is 0 Å². The first-order valence-corrected chi connectivity index (χ1v) is 8.43. The third-order valence-electron chi connectivity index (χ3n) is 3.16. The van der Waals surface area contributed by atoms with E-state index < -0.39 is 28.1 Å². The van der Waals surface area contributed by atoms with E-state index in [1.165, 1.54) is 38.4 Å². The minimum absolute atomic E-state index is 0.0299. The molecule has 0 saturated carbocycles. The van der Waals surface area contributed by atoms with E-state index in [2.05, 4.69) is 10.5 Å². The third kappa shape index (κ3) is 3.87. The van der Waals surface area contributed by atoms with Gasteiger partial charge in [0, 0.05) is 25.7 Å². The number of carbonyl (C=O) groups is 2. The molecule has 2 aromatic rings. The standard InChI is InChI=1S/C15H17N3O5S/c1-10-8-14(17-23-10)16-15(20)9-12(19)11-6-4-5-7-13(11)24(21,22)18(2)3/h4-8H,9H2,1-3H3,(H,16,17,20). The number of amides is 1. The molecule has 2 rings (SSSR count). The Hall–Kier alpha value is -2.52. The number of hydrogen-bond donors (Lipinski definition) is 1. The molecular formula is C15H17N3O5S. The largest absolute Gasteiger partial charge is 0.360 e. The predicted octanol–water partition coefficient (Wildman–Crippen LogP) is 1.44. The maximum Gasteiger partial charge on any atom is 0.243 e. The topological polar surface area (TPSA) is 110 Å². The molecular weight excluding hydrogens is 334 g/mol. The van der Waals surface area contributed by atoms with Gasteiger partial charge in [0.1, 0.15) is 5.76 Å². The summed E-state index contributed by atoms with van der Waals surface area (Å²) in [7, 11) is -1.05. The molecule has 0 aliphatic heterocycles. The molecule has 0 fully saturated rings. The Kier molecular flexibility index (Phi) is 5.15. The Morgan fingerprint density at radius 1 is 1.25 bits per heavy atom. The molecule has 1 aromatic carbocycles. The average Bonchev–Trinajstić information content (AvgIpc) is 2.91. The van der Waals surface area contributed by atoms with Gasteiger partial charge in [0.2, 0.25) is 15.9 Å². The minimum atomic E-state index is -3.79. The number of aryl methyl sites for hydroxylation is 1. The molecule has 1 amide bonds. The van der Waals surface area contributed by atoms with E-state index >= 15 is 0 Å². The Balaban J connectivity index is 2.20. The van der Waals surface area contributed by atoms with E-state index in [1.54, 1.807) is 13.0 Å². The van der Waals surface area contributed by atoms with Crippen LogP contribution in [0.2, 0.25) is 0 Å². The van der Waals surface area contributed by atoms with Crippen LogP contribution in [0.1, 0.15) is 22.5 Å². The monoisotopic (exact) mass is 351 g/mol. The van der Waals surface area contributed by atoms with E-state index in [4.69, 9.17) is 4.52 Å². The highest BCUT2D eigenvalue weighted by molar-refractivity contribution is 7.89. The second-order valence-corrected chi connectivity index (χ2v) is 7.37. The molecule has 0 bridgehead atoms. The molecule has 9 heteroatoms. The van der Waals surface area contributed by atoms with Crippen LogP contribution in [0.5, 0.6) is 0 Å². The number of nitrogens with zero attached hydrogens (tertiary/aromatic N) is 2. The number of aromatic nitrogens is 1. The molecule has 0 aliphatic rings. The van der Waals surface area contributed by atoms with Gasteiger partial charge < -0.3 is 9.84 Å². The number of nitrogens with one attached hydrogen (secondary N) is 1. The van der Waals surface area contributed by atoms with Gasteiger partial charge in [-0.05, 0) is 13.0 Å². The van der Waals surface area contributed by atoms with Crippen LogP contribution in [0.4, 0.5) is 5.82 Å². The summed E-state index contributed by atoms with van der Waals surface area (Å²) in [4.78, 5) is 24.1. The lowest BCUT2D eigenvalue weighted by molar-refractivity contribution is -0.115. The molecule has 0 saturated heterocycles. The van der Waals surface area contributed by atoms with E-state index in [0.717, 1.165) is 4.31 Å². The van der Waals surface area contributed by atoms with Gasteiger partial charge in [-0.2, -0.15) is 0 Å². The summed E-state index contributed by atoms with van der Waals surface area (Å²) >= 11 is 0. The maximum atomic E-state index is 12.4. The number of anilines is 1. The Morgan fingerprint density at radius 3 is 2.50 bits per heavy atom. The fraction of sp³-hybridized carbons (Fsp3) is 0.267. The van der Waals surface area contributed by atoms with Crippen molar-refractivity contribution in [1.29, 1.82) is 0 Å². The quantitative estimate of drug-likeness (QED) is 0.623. The Labute approximate surface area is 139 Å². The molecule has 1 aromatic heterocycles. The fourth-order valence-electron chi connectivity index (χ4n) is 1.97. The number of ketones is 1. The van der Waals surface area contributed by atoms with Crippen molar-refractivity contribution in [3.63, 3.8) is 0 Å². The number of Topliss-reactive ketones (excluding diaryl/α,β-unsaturated/α-hetero) is 1. The summed E-state index contributed by atoms with van der Waals surface area (Å²) in [5.74, 6) is -0.502. The lowest BCUT2D eigenvalue weighted by Gasteiger charge is -2.14. The summed E-state index contributed by atoms with van der Waals surface area (Å²) in [6.07, 6.45) is -0.508. The van der Waals surface area contributed by atoms with Crippen LogP contribution in [0.3, 0.4) is 0 Å². The Bertz CT molecular complexity index is 871. The molecule has 1 N–H and O–H groups in total. The first-order chi connectivity index (χ1) is 11.2. The predicted molar refractivity (Wildman–Crippen MR) is 86.1 cm³/mol. The smallest absolute Gasteiger partial charge is 0.243 e. The first kappa shape index (κ1) is 17.8. The van der Waals surface area contributed by atoms with Crippen LogP contribution in [0.25, 0.3) is 0 Å². The van der Waals surface area contributed by atoms with Gasteiger partial charge in [0.05, 0.1) is 11.3 Å². The van der Waals surface area contributed by atoms with Crippen molar-refractivity contribution in [1.82, 2.24) is 9.46 Å². The van der Waals surface area contributed by atoms with E-state index in [9.17, 15) is 18.0 Å². The molecule has 128 valence electrons. The van der Waals surface area contributed by atoms with Gasteiger partial charge in [0.15, 0.2) is 11.6 Å². The third-order valence-corrected chi connectivity index (χ3v) is 5.04. The fourth-order valence-corrected chi connectivity index (χ4v) is 3.08. The number of carbonyl (C=O) groups excluding carboxylic acids is 2. The maximum absolute atomic E-state index is 12.4. The normalized spacial score (nSPS) is 11.5. The van der Waals surface area contributed by atoms with Crippen LogP contribution < -0.4 is 5.32 Å². The lowest BCUT2D eigenvalue weighted by atomic mass is 10.1. The second-order valence-electron chi connectivity index (χ2n) is 5.25. The lowest BCUT2D eigenvalue weighted by Crippen LogP contribution is -2.25. The number of benzene rings is 1. The highest BCUT2D eigenvalue weighted by Crippen LogP contribution is 2.20. The van der Waals surface area contributed by atoms with E-state index in [1.807, 2.05) is 0 Å². The Morgan fingerprint density at radius 2 is 1.92 bits per heavy atom. The molecule has 0 spiro atoms. The summed E-state index contributed by atoms with van der Waals surface area (Å²) in [6.45, 7) is 1.66. The van der Waals surface area contributed by atoms with Gasteiger partial charge in [-0.25, -0.2) is 12.7 Å². The molecule has 1 heterocycles. The average molecular weight is 351 g/mol. The SMILES string of the molecule is Cc1cc(NC(=O)CC(=O)c2ccccc2S(=O)(=O)N(C)C)no1. The minimum Gasteiger partial charge on any atom is -0.360 e. The molecule has 24 heavy (non-hydrogen) atoms. The molecule has 8 nitrogen and oxygen atoms in total. The van der Waals surface area contributed by atoms with Crippen molar-refractivity contribution in [2.75, 3.05) is 19.4 Å². The van der Waals surface area contributed by atoms with Crippen molar-refractivity contribution in [3.8, 4) is 0 Å².